The standard InChI is InChI=1S/C16H27N3O2/c1-10-12(11(2)19(7)18-10)8-14(20)17-13-9-15(3,4)21-16(13,5)6/h13H,8-9H2,1-7H3,(H,17,20). The van der Waals surface area contributed by atoms with Gasteiger partial charge in [0.2, 0.25) is 5.91 Å². The third kappa shape index (κ3) is 3.28. The molecule has 0 aromatic carbocycles. The van der Waals surface area contributed by atoms with Gasteiger partial charge in [-0.2, -0.15) is 5.10 Å². The highest BCUT2D eigenvalue weighted by molar-refractivity contribution is 5.79. The Bertz CT molecular complexity index is 558. The summed E-state index contributed by atoms with van der Waals surface area (Å²) in [5, 5.41) is 7.50. The average Bonchev–Trinajstić information content (AvgIpc) is 2.65. The van der Waals surface area contributed by atoms with Gasteiger partial charge in [-0.25, -0.2) is 0 Å². The maximum Gasteiger partial charge on any atom is 0.224 e. The van der Waals surface area contributed by atoms with Crippen molar-refractivity contribution in [1.29, 1.82) is 0 Å². The second-order valence-electron chi connectivity index (χ2n) is 7.24. The molecule has 118 valence electrons. The molecular weight excluding hydrogens is 266 g/mol. The molecule has 1 aliphatic heterocycles. The number of rotatable bonds is 3. The molecule has 5 nitrogen and oxygen atoms in total. The van der Waals surface area contributed by atoms with Gasteiger partial charge in [0.15, 0.2) is 0 Å². The summed E-state index contributed by atoms with van der Waals surface area (Å²) in [5.41, 5.74) is 2.46. The molecule has 1 atom stereocenters. The minimum absolute atomic E-state index is 0.0357. The van der Waals surface area contributed by atoms with Crippen molar-refractivity contribution in [3.8, 4) is 0 Å². The topological polar surface area (TPSA) is 56.2 Å². The van der Waals surface area contributed by atoms with Gasteiger partial charge in [0.25, 0.3) is 0 Å². The van der Waals surface area contributed by atoms with Gasteiger partial charge in [0.05, 0.1) is 29.4 Å². The van der Waals surface area contributed by atoms with Crippen molar-refractivity contribution >= 4 is 5.91 Å². The van der Waals surface area contributed by atoms with E-state index in [-0.39, 0.29) is 23.2 Å². The van der Waals surface area contributed by atoms with Crippen molar-refractivity contribution in [2.45, 2.75) is 71.6 Å². The lowest BCUT2D eigenvalue weighted by molar-refractivity contribution is -0.123. The number of hydrogen-bond acceptors (Lipinski definition) is 3. The van der Waals surface area contributed by atoms with Gasteiger partial charge in [-0.1, -0.05) is 0 Å². The van der Waals surface area contributed by atoms with Crippen LogP contribution < -0.4 is 5.32 Å². The summed E-state index contributed by atoms with van der Waals surface area (Å²) >= 11 is 0. The number of aromatic nitrogens is 2. The maximum atomic E-state index is 12.4. The summed E-state index contributed by atoms with van der Waals surface area (Å²) in [4.78, 5) is 12.4. The molecule has 5 heteroatoms. The molecular formula is C16H27N3O2. The Hall–Kier alpha value is -1.36. The maximum absolute atomic E-state index is 12.4. The zero-order valence-corrected chi connectivity index (χ0v) is 14.2. The highest BCUT2D eigenvalue weighted by Crippen LogP contribution is 2.37. The van der Waals surface area contributed by atoms with Crippen LogP contribution in [0.5, 0.6) is 0 Å². The number of nitrogens with zero attached hydrogens (tertiary/aromatic N) is 2. The first-order valence-corrected chi connectivity index (χ1v) is 7.50. The van der Waals surface area contributed by atoms with E-state index in [9.17, 15) is 4.79 Å². The summed E-state index contributed by atoms with van der Waals surface area (Å²) in [6.45, 7) is 12.1. The molecule has 1 unspecified atom stereocenters. The third-order valence-corrected chi connectivity index (χ3v) is 4.41. The molecule has 1 N–H and O–H groups in total. The monoisotopic (exact) mass is 293 g/mol. The Balaban J connectivity index is 2.06. The van der Waals surface area contributed by atoms with Crippen LogP contribution in [0.3, 0.4) is 0 Å². The number of nitrogens with one attached hydrogen (secondary N) is 1. The van der Waals surface area contributed by atoms with E-state index in [0.29, 0.717) is 6.42 Å². The lowest BCUT2D eigenvalue weighted by atomic mass is 9.94. The van der Waals surface area contributed by atoms with Crippen molar-refractivity contribution in [3.63, 3.8) is 0 Å². The molecule has 1 aromatic heterocycles. The van der Waals surface area contributed by atoms with E-state index in [1.165, 1.54) is 0 Å². The smallest absolute Gasteiger partial charge is 0.224 e. The first kappa shape index (κ1) is 16.0. The molecule has 21 heavy (non-hydrogen) atoms. The van der Waals surface area contributed by atoms with Crippen molar-refractivity contribution in [3.05, 3.63) is 17.0 Å². The zero-order chi connectivity index (χ0) is 16.0. The molecule has 0 aliphatic carbocycles. The highest BCUT2D eigenvalue weighted by Gasteiger charge is 2.46. The van der Waals surface area contributed by atoms with Crippen LogP contribution in [-0.4, -0.2) is 32.9 Å². The quantitative estimate of drug-likeness (QED) is 0.928. The van der Waals surface area contributed by atoms with Crippen LogP contribution in [0, 0.1) is 13.8 Å². The highest BCUT2D eigenvalue weighted by atomic mass is 16.5. The third-order valence-electron chi connectivity index (χ3n) is 4.41. The van der Waals surface area contributed by atoms with Crippen LogP contribution in [0.25, 0.3) is 0 Å². The molecule has 1 saturated heterocycles. The molecule has 0 saturated carbocycles. The number of carbonyl (C=O) groups excluding carboxylic acids is 1. The van der Waals surface area contributed by atoms with E-state index < -0.39 is 0 Å². The van der Waals surface area contributed by atoms with E-state index in [0.717, 1.165) is 23.4 Å². The van der Waals surface area contributed by atoms with Crippen LogP contribution in [0.4, 0.5) is 0 Å². The second kappa shape index (κ2) is 5.13. The van der Waals surface area contributed by atoms with Crippen molar-refractivity contribution in [2.24, 2.45) is 7.05 Å². The predicted molar refractivity (Wildman–Crippen MR) is 82.2 cm³/mol. The summed E-state index contributed by atoms with van der Waals surface area (Å²) < 4.78 is 7.84. The number of aryl methyl sites for hydroxylation is 2. The predicted octanol–water partition coefficient (Wildman–Crippen LogP) is 2.04. The molecule has 1 aliphatic rings. The van der Waals surface area contributed by atoms with Crippen LogP contribution in [0.1, 0.15) is 51.1 Å². The van der Waals surface area contributed by atoms with E-state index in [2.05, 4.69) is 24.3 Å². The summed E-state index contributed by atoms with van der Waals surface area (Å²) in [7, 11) is 1.90. The van der Waals surface area contributed by atoms with Gasteiger partial charge in [-0.05, 0) is 48.0 Å². The normalized spacial score (nSPS) is 23.3. The number of carbonyl (C=O) groups is 1. The molecule has 2 rings (SSSR count). The molecule has 1 amide bonds. The SMILES string of the molecule is Cc1nn(C)c(C)c1CC(=O)NC1CC(C)(C)OC1(C)C. The van der Waals surface area contributed by atoms with Crippen molar-refractivity contribution < 1.29 is 9.53 Å². The van der Waals surface area contributed by atoms with E-state index in [4.69, 9.17) is 4.74 Å². The van der Waals surface area contributed by atoms with Crippen LogP contribution in [-0.2, 0) is 23.0 Å². The molecule has 1 aromatic rings. The number of amides is 1. The van der Waals surface area contributed by atoms with Gasteiger partial charge >= 0.3 is 0 Å². The largest absolute Gasteiger partial charge is 0.367 e. The summed E-state index contributed by atoms with van der Waals surface area (Å²) in [5.74, 6) is 0.0357. The van der Waals surface area contributed by atoms with Gasteiger partial charge in [0.1, 0.15) is 0 Å². The van der Waals surface area contributed by atoms with Crippen LogP contribution in [0.2, 0.25) is 0 Å². The van der Waals surface area contributed by atoms with E-state index >= 15 is 0 Å². The fraction of sp³-hybridized carbons (Fsp3) is 0.750. The molecule has 0 radical (unpaired) electrons. The fourth-order valence-corrected chi connectivity index (χ4v) is 3.27. The van der Waals surface area contributed by atoms with Gasteiger partial charge in [-0.3, -0.25) is 9.48 Å². The lowest BCUT2D eigenvalue weighted by Crippen LogP contribution is -2.46. The fourth-order valence-electron chi connectivity index (χ4n) is 3.27. The van der Waals surface area contributed by atoms with Crippen LogP contribution >= 0.6 is 0 Å². The van der Waals surface area contributed by atoms with E-state index in [1.54, 1.807) is 0 Å². The minimum Gasteiger partial charge on any atom is -0.367 e. The Morgan fingerprint density at radius 2 is 2.00 bits per heavy atom. The van der Waals surface area contributed by atoms with Crippen molar-refractivity contribution in [2.75, 3.05) is 0 Å². The Morgan fingerprint density at radius 3 is 2.43 bits per heavy atom. The van der Waals surface area contributed by atoms with Gasteiger partial charge in [-0.15, -0.1) is 0 Å². The first-order valence-electron chi connectivity index (χ1n) is 7.50. The van der Waals surface area contributed by atoms with Crippen LogP contribution in [0.15, 0.2) is 0 Å². The Morgan fingerprint density at radius 1 is 1.38 bits per heavy atom. The van der Waals surface area contributed by atoms with E-state index in [1.807, 2.05) is 39.4 Å². The number of ether oxygens (including phenoxy) is 1. The lowest BCUT2D eigenvalue weighted by Gasteiger charge is -2.27. The van der Waals surface area contributed by atoms with Gasteiger partial charge in [0, 0.05) is 18.3 Å². The molecule has 0 spiro atoms. The van der Waals surface area contributed by atoms with Crippen molar-refractivity contribution in [1.82, 2.24) is 15.1 Å². The first-order chi connectivity index (χ1) is 9.52. The molecule has 1 fully saturated rings. The zero-order valence-electron chi connectivity index (χ0n) is 14.2. The molecule has 2 heterocycles. The second-order valence-corrected chi connectivity index (χ2v) is 7.24. The summed E-state index contributed by atoms with van der Waals surface area (Å²) in [6, 6.07) is 0.0392. The van der Waals surface area contributed by atoms with Gasteiger partial charge < -0.3 is 10.1 Å². The Labute approximate surface area is 127 Å². The molecule has 0 bridgehead atoms. The minimum atomic E-state index is -0.335. The summed E-state index contributed by atoms with van der Waals surface area (Å²) in [6.07, 6.45) is 1.20. The number of hydrogen-bond donors (Lipinski definition) is 1. The average molecular weight is 293 g/mol. The Kier molecular flexibility index (Phi) is 3.91.